The molecule has 1 amide bonds. The maximum absolute atomic E-state index is 11.9. The van der Waals surface area contributed by atoms with E-state index in [0.717, 1.165) is 32.4 Å². The number of rotatable bonds is 5. The summed E-state index contributed by atoms with van der Waals surface area (Å²) < 4.78 is 34.4. The molecule has 2 fully saturated rings. The Morgan fingerprint density at radius 3 is 2.42 bits per heavy atom. The van der Waals surface area contributed by atoms with Crippen LogP contribution >= 0.6 is 0 Å². The van der Waals surface area contributed by atoms with Gasteiger partial charge in [-0.2, -0.15) is 0 Å². The quantitative estimate of drug-likeness (QED) is 0.701. The van der Waals surface area contributed by atoms with Gasteiger partial charge in [0.2, 0.25) is 10.9 Å². The molecule has 2 aliphatic heterocycles. The number of likely N-dealkylation sites (tertiary alicyclic amines) is 2. The minimum atomic E-state index is -2.51. The topological polar surface area (TPSA) is 79.4 Å². The second-order valence-corrected chi connectivity index (χ2v) is 7.46. The molecule has 0 N–H and O–H groups in total. The molecule has 9 heteroatoms. The van der Waals surface area contributed by atoms with E-state index in [1.54, 1.807) is 26.0 Å². The van der Waals surface area contributed by atoms with Gasteiger partial charge in [-0.3, -0.25) is 4.90 Å². The molecule has 2 heterocycles. The van der Waals surface area contributed by atoms with E-state index in [2.05, 4.69) is 4.90 Å². The minimum Gasteiger partial charge on any atom is -0.450 e. The Hall–Kier alpha value is -0.900. The van der Waals surface area contributed by atoms with Gasteiger partial charge in [0.1, 0.15) is 0 Å². The van der Waals surface area contributed by atoms with Gasteiger partial charge in [0.25, 0.3) is 0 Å². The Morgan fingerprint density at radius 2 is 1.88 bits per heavy atom. The summed E-state index contributed by atoms with van der Waals surface area (Å²) in [5.74, 6) is 0. The summed E-state index contributed by atoms with van der Waals surface area (Å²) in [4.78, 5) is 16.0. The number of carbonyl (C=O) groups excluding carboxylic acids is 1. The lowest BCUT2D eigenvalue weighted by Crippen LogP contribution is -2.58. The van der Waals surface area contributed by atoms with E-state index in [9.17, 15) is 13.2 Å². The molecule has 0 saturated carbocycles. The first kappa shape index (κ1) is 19.4. The SMILES string of the molecule is CCOC(=O)N1CCC(N2CCC(N(C)[SH](=O)=O)CC2)C(OC)C1. The first-order chi connectivity index (χ1) is 11.5. The van der Waals surface area contributed by atoms with E-state index in [-0.39, 0.29) is 24.3 Å². The van der Waals surface area contributed by atoms with Crippen molar-refractivity contribution in [1.29, 1.82) is 0 Å². The molecule has 0 aromatic rings. The standard InChI is InChI=1S/C15H29N3O5S/c1-4-23-15(19)18-10-7-13(14(11-18)22-3)17-8-5-12(6-9-17)16(2)24(20)21/h12-14,24H,4-11H2,1-3H3. The predicted molar refractivity (Wildman–Crippen MR) is 90.5 cm³/mol. The van der Waals surface area contributed by atoms with Crippen molar-refractivity contribution < 1.29 is 22.7 Å². The van der Waals surface area contributed by atoms with Crippen LogP contribution in [0.1, 0.15) is 26.2 Å². The molecular formula is C15H29N3O5S. The molecule has 0 bridgehead atoms. The Bertz CT molecular complexity index is 486. The molecule has 2 saturated heterocycles. The fraction of sp³-hybridized carbons (Fsp3) is 0.933. The summed E-state index contributed by atoms with van der Waals surface area (Å²) in [6.45, 7) is 5.07. The molecule has 2 unspecified atom stereocenters. The summed E-state index contributed by atoms with van der Waals surface area (Å²) in [5, 5.41) is 0. The number of nitrogens with zero attached hydrogens (tertiary/aromatic N) is 3. The van der Waals surface area contributed by atoms with Crippen LogP contribution in [0.15, 0.2) is 0 Å². The number of piperidine rings is 2. The summed E-state index contributed by atoms with van der Waals surface area (Å²) in [5.41, 5.74) is 0. The van der Waals surface area contributed by atoms with Gasteiger partial charge in [0, 0.05) is 45.9 Å². The van der Waals surface area contributed by atoms with Gasteiger partial charge in [0.15, 0.2) is 0 Å². The van der Waals surface area contributed by atoms with Gasteiger partial charge >= 0.3 is 6.09 Å². The average molecular weight is 363 g/mol. The zero-order valence-corrected chi connectivity index (χ0v) is 15.6. The van der Waals surface area contributed by atoms with Crippen LogP contribution in [0.2, 0.25) is 0 Å². The van der Waals surface area contributed by atoms with Crippen LogP contribution in [0.3, 0.4) is 0 Å². The lowest BCUT2D eigenvalue weighted by Gasteiger charge is -2.45. The Kier molecular flexibility index (Phi) is 7.27. The minimum absolute atomic E-state index is 0.0476. The third kappa shape index (κ3) is 4.59. The molecule has 2 rings (SSSR count). The van der Waals surface area contributed by atoms with Crippen molar-refractivity contribution in [2.24, 2.45) is 0 Å². The maximum atomic E-state index is 11.9. The van der Waals surface area contributed by atoms with Crippen LogP contribution in [0.25, 0.3) is 0 Å². The summed E-state index contributed by atoms with van der Waals surface area (Å²) in [6, 6.07) is 0.343. The van der Waals surface area contributed by atoms with E-state index in [1.165, 1.54) is 4.31 Å². The predicted octanol–water partition coefficient (Wildman–Crippen LogP) is 0.155. The molecule has 140 valence electrons. The largest absolute Gasteiger partial charge is 0.450 e. The number of methoxy groups -OCH3 is 1. The second-order valence-electron chi connectivity index (χ2n) is 6.35. The van der Waals surface area contributed by atoms with Crippen LogP contribution in [0.5, 0.6) is 0 Å². The fourth-order valence-corrected chi connectivity index (χ4v) is 4.16. The highest BCUT2D eigenvalue weighted by Gasteiger charge is 2.37. The van der Waals surface area contributed by atoms with Crippen molar-refractivity contribution in [3.8, 4) is 0 Å². The van der Waals surface area contributed by atoms with Crippen LogP contribution in [0, 0.1) is 0 Å². The average Bonchev–Trinajstić information content (AvgIpc) is 2.60. The molecule has 2 atom stereocenters. The van der Waals surface area contributed by atoms with E-state index >= 15 is 0 Å². The van der Waals surface area contributed by atoms with Crippen molar-refractivity contribution in [2.75, 3.05) is 46.9 Å². The van der Waals surface area contributed by atoms with Crippen molar-refractivity contribution >= 4 is 17.0 Å². The van der Waals surface area contributed by atoms with E-state index in [0.29, 0.717) is 19.7 Å². The zero-order valence-electron chi connectivity index (χ0n) is 14.7. The molecule has 8 nitrogen and oxygen atoms in total. The van der Waals surface area contributed by atoms with E-state index in [4.69, 9.17) is 9.47 Å². The molecule has 0 radical (unpaired) electrons. The number of carbonyl (C=O) groups is 1. The number of hydrogen-bond donors (Lipinski definition) is 1. The molecule has 24 heavy (non-hydrogen) atoms. The third-order valence-corrected chi connectivity index (χ3v) is 5.95. The molecule has 0 aliphatic carbocycles. The Balaban J connectivity index is 1.90. The van der Waals surface area contributed by atoms with Crippen molar-refractivity contribution in [3.05, 3.63) is 0 Å². The van der Waals surface area contributed by atoms with E-state index in [1.807, 2.05) is 0 Å². The van der Waals surface area contributed by atoms with E-state index < -0.39 is 10.9 Å². The Morgan fingerprint density at radius 1 is 1.21 bits per heavy atom. The number of hydrogen-bond acceptors (Lipinski definition) is 6. The number of thiol groups is 1. The first-order valence-electron chi connectivity index (χ1n) is 8.53. The van der Waals surface area contributed by atoms with Crippen molar-refractivity contribution in [1.82, 2.24) is 14.1 Å². The molecular weight excluding hydrogens is 334 g/mol. The van der Waals surface area contributed by atoms with Gasteiger partial charge in [-0.1, -0.05) is 0 Å². The van der Waals surface area contributed by atoms with Crippen LogP contribution < -0.4 is 0 Å². The van der Waals surface area contributed by atoms with Crippen LogP contribution in [-0.4, -0.2) is 93.7 Å². The summed E-state index contributed by atoms with van der Waals surface area (Å²) in [6.07, 6.45) is 2.17. The summed E-state index contributed by atoms with van der Waals surface area (Å²) >= 11 is 0. The lowest BCUT2D eigenvalue weighted by molar-refractivity contribution is -0.0439. The monoisotopic (exact) mass is 363 g/mol. The van der Waals surface area contributed by atoms with Crippen molar-refractivity contribution in [3.63, 3.8) is 0 Å². The summed E-state index contributed by atoms with van der Waals surface area (Å²) in [7, 11) is 0.806. The highest BCUT2D eigenvalue weighted by atomic mass is 32.2. The number of ether oxygens (including phenoxy) is 2. The molecule has 2 aliphatic rings. The lowest BCUT2D eigenvalue weighted by atomic mass is 9.96. The normalized spacial score (nSPS) is 27.0. The number of amides is 1. The third-order valence-electron chi connectivity index (χ3n) is 5.11. The molecule has 0 aromatic carbocycles. The van der Waals surface area contributed by atoms with Gasteiger partial charge in [-0.05, 0) is 26.2 Å². The van der Waals surface area contributed by atoms with Gasteiger partial charge in [-0.25, -0.2) is 17.5 Å². The highest BCUT2D eigenvalue weighted by molar-refractivity contribution is 7.69. The Labute approximate surface area is 145 Å². The molecule has 0 spiro atoms. The van der Waals surface area contributed by atoms with Gasteiger partial charge in [0.05, 0.1) is 19.3 Å². The second kappa shape index (κ2) is 8.98. The van der Waals surface area contributed by atoms with Gasteiger partial charge < -0.3 is 14.4 Å². The van der Waals surface area contributed by atoms with Crippen molar-refractivity contribution in [2.45, 2.75) is 44.4 Å². The fourth-order valence-electron chi connectivity index (χ4n) is 3.66. The first-order valence-corrected chi connectivity index (χ1v) is 9.66. The highest BCUT2D eigenvalue weighted by Crippen LogP contribution is 2.25. The molecule has 0 aromatic heterocycles. The van der Waals surface area contributed by atoms with Gasteiger partial charge in [-0.15, -0.1) is 0 Å². The van der Waals surface area contributed by atoms with Crippen LogP contribution in [-0.2, 0) is 20.4 Å². The maximum Gasteiger partial charge on any atom is 0.409 e. The smallest absolute Gasteiger partial charge is 0.409 e. The van der Waals surface area contributed by atoms with Crippen LogP contribution in [0.4, 0.5) is 4.79 Å². The zero-order chi connectivity index (χ0) is 17.7.